The molecule has 0 spiro atoms. The third kappa shape index (κ3) is 1.94. The summed E-state index contributed by atoms with van der Waals surface area (Å²) in [6, 6.07) is 13.4. The number of halogens is 1. The fourth-order valence-corrected chi connectivity index (χ4v) is 3.70. The lowest BCUT2D eigenvalue weighted by molar-refractivity contribution is 0.732. The molecule has 3 heteroatoms. The van der Waals surface area contributed by atoms with Gasteiger partial charge in [-0.25, -0.2) is 0 Å². The van der Waals surface area contributed by atoms with E-state index < -0.39 is 0 Å². The first kappa shape index (κ1) is 13.7. The van der Waals surface area contributed by atoms with Gasteiger partial charge >= 0.3 is 0 Å². The molecule has 1 unspecified atom stereocenters. The van der Waals surface area contributed by atoms with Crippen LogP contribution in [0, 0.1) is 0 Å². The summed E-state index contributed by atoms with van der Waals surface area (Å²) >= 11 is 6.13. The van der Waals surface area contributed by atoms with Crippen molar-refractivity contribution in [3.8, 4) is 0 Å². The Balaban J connectivity index is 1.72. The number of anilines is 2. The first-order valence-corrected chi connectivity index (χ1v) is 8.03. The Hall–Kier alpha value is -1.93. The van der Waals surface area contributed by atoms with E-state index in [1.807, 2.05) is 12.1 Å². The lowest BCUT2D eigenvalue weighted by Gasteiger charge is -2.23. The highest BCUT2D eigenvalue weighted by molar-refractivity contribution is 6.30. The van der Waals surface area contributed by atoms with Crippen LogP contribution in [-0.4, -0.2) is 13.1 Å². The van der Waals surface area contributed by atoms with Crippen LogP contribution in [0.3, 0.4) is 0 Å². The molecule has 1 atom stereocenters. The maximum Gasteiger partial charge on any atom is 0.0488 e. The normalized spacial score (nSPS) is 19.6. The van der Waals surface area contributed by atoms with Gasteiger partial charge in [0.1, 0.15) is 0 Å². The van der Waals surface area contributed by atoms with Crippen molar-refractivity contribution in [2.45, 2.75) is 25.9 Å². The first-order valence-electron chi connectivity index (χ1n) is 7.65. The van der Waals surface area contributed by atoms with E-state index in [1.165, 1.54) is 22.5 Å². The highest BCUT2D eigenvalue weighted by atomic mass is 35.5. The summed E-state index contributed by atoms with van der Waals surface area (Å²) in [5, 5.41) is 0.768. The van der Waals surface area contributed by atoms with Crippen molar-refractivity contribution in [1.82, 2.24) is 0 Å². The number of fused-ring (bicyclic) bond motifs is 2. The smallest absolute Gasteiger partial charge is 0.0488 e. The number of benzene rings is 2. The predicted molar refractivity (Wildman–Crippen MR) is 94.7 cm³/mol. The molecule has 0 bridgehead atoms. The zero-order valence-electron chi connectivity index (χ0n) is 12.9. The zero-order chi connectivity index (χ0) is 15.4. The highest BCUT2D eigenvalue weighted by Crippen LogP contribution is 2.40. The van der Waals surface area contributed by atoms with Crippen LogP contribution < -0.4 is 9.80 Å². The Morgan fingerprint density at radius 3 is 2.73 bits per heavy atom. The molecule has 0 saturated carbocycles. The summed E-state index contributed by atoms with van der Waals surface area (Å²) in [4.78, 5) is 4.64. The summed E-state index contributed by atoms with van der Waals surface area (Å²) in [5.74, 6) is 0. The molecular formula is C19H19ClN2. The Bertz CT molecular complexity index is 781. The second kappa shape index (κ2) is 4.79. The molecule has 0 radical (unpaired) electrons. The lowest BCUT2D eigenvalue weighted by Crippen LogP contribution is -2.24. The van der Waals surface area contributed by atoms with Crippen molar-refractivity contribution in [2.75, 3.05) is 16.8 Å². The van der Waals surface area contributed by atoms with Crippen LogP contribution in [0.5, 0.6) is 0 Å². The van der Waals surface area contributed by atoms with Gasteiger partial charge in [0.25, 0.3) is 0 Å². The third-order valence-electron chi connectivity index (χ3n) is 4.97. The maximum absolute atomic E-state index is 6.13. The molecule has 2 aromatic carbocycles. The van der Waals surface area contributed by atoms with E-state index in [4.69, 9.17) is 11.6 Å². The van der Waals surface area contributed by atoms with Gasteiger partial charge in [-0.1, -0.05) is 30.3 Å². The van der Waals surface area contributed by atoms with E-state index in [0.29, 0.717) is 6.04 Å². The SMILES string of the molecule is C=C1c2cc(Cl)ccc2CN1c1ccc2c(c1)N(C)C(C)C2. The molecule has 0 saturated heterocycles. The van der Waals surface area contributed by atoms with Crippen molar-refractivity contribution < 1.29 is 0 Å². The number of hydrogen-bond donors (Lipinski definition) is 0. The Morgan fingerprint density at radius 2 is 1.91 bits per heavy atom. The van der Waals surface area contributed by atoms with Gasteiger partial charge in [0.2, 0.25) is 0 Å². The molecule has 22 heavy (non-hydrogen) atoms. The van der Waals surface area contributed by atoms with Crippen molar-refractivity contribution in [2.24, 2.45) is 0 Å². The fraction of sp³-hybridized carbons (Fsp3) is 0.263. The van der Waals surface area contributed by atoms with Crippen LogP contribution in [0.25, 0.3) is 5.70 Å². The van der Waals surface area contributed by atoms with Crippen LogP contribution in [-0.2, 0) is 13.0 Å². The second-order valence-electron chi connectivity index (χ2n) is 6.31. The van der Waals surface area contributed by atoms with Gasteiger partial charge in [-0.3, -0.25) is 0 Å². The van der Waals surface area contributed by atoms with Crippen LogP contribution in [0.15, 0.2) is 43.0 Å². The summed E-state index contributed by atoms with van der Waals surface area (Å²) in [6.45, 7) is 7.41. The van der Waals surface area contributed by atoms with Gasteiger partial charge < -0.3 is 9.80 Å². The molecule has 2 nitrogen and oxygen atoms in total. The molecule has 0 fully saturated rings. The monoisotopic (exact) mass is 310 g/mol. The molecule has 2 aromatic rings. The van der Waals surface area contributed by atoms with Gasteiger partial charge in [0.15, 0.2) is 0 Å². The van der Waals surface area contributed by atoms with Gasteiger partial charge in [-0.15, -0.1) is 0 Å². The quantitative estimate of drug-likeness (QED) is 0.752. The summed E-state index contributed by atoms with van der Waals surface area (Å²) < 4.78 is 0. The lowest BCUT2D eigenvalue weighted by atomic mass is 10.1. The standard InChI is InChI=1S/C19H19ClN2/c1-12-8-14-5-7-17(10-19(14)21(12)3)22-11-15-4-6-16(20)9-18(15)13(22)2/h4-7,9-10,12H,2,8,11H2,1,3H3. The Kier molecular flexibility index (Phi) is 2.98. The summed E-state index contributed by atoms with van der Waals surface area (Å²) in [7, 11) is 2.17. The predicted octanol–water partition coefficient (Wildman–Crippen LogP) is 4.71. The molecule has 0 N–H and O–H groups in total. The minimum Gasteiger partial charge on any atom is -0.371 e. The minimum atomic E-state index is 0.572. The van der Waals surface area contributed by atoms with Crippen LogP contribution in [0.4, 0.5) is 11.4 Å². The van der Waals surface area contributed by atoms with Crippen LogP contribution >= 0.6 is 11.6 Å². The minimum absolute atomic E-state index is 0.572. The van der Waals surface area contributed by atoms with E-state index in [2.05, 4.69) is 54.6 Å². The highest BCUT2D eigenvalue weighted by Gasteiger charge is 2.27. The zero-order valence-corrected chi connectivity index (χ0v) is 13.7. The van der Waals surface area contributed by atoms with Gasteiger partial charge in [-0.2, -0.15) is 0 Å². The van der Waals surface area contributed by atoms with E-state index in [9.17, 15) is 0 Å². The number of rotatable bonds is 1. The van der Waals surface area contributed by atoms with Crippen LogP contribution in [0.2, 0.25) is 5.02 Å². The fourth-order valence-electron chi connectivity index (χ4n) is 3.53. The van der Waals surface area contributed by atoms with Crippen molar-refractivity contribution in [3.05, 3.63) is 64.7 Å². The summed E-state index contributed by atoms with van der Waals surface area (Å²) in [5.41, 5.74) is 7.46. The molecule has 4 rings (SSSR count). The average Bonchev–Trinajstić information content (AvgIpc) is 2.98. The van der Waals surface area contributed by atoms with Gasteiger partial charge in [0.05, 0.1) is 0 Å². The molecule has 2 heterocycles. The average molecular weight is 311 g/mol. The Morgan fingerprint density at radius 1 is 1.14 bits per heavy atom. The molecular weight excluding hydrogens is 292 g/mol. The van der Waals surface area contributed by atoms with Crippen LogP contribution in [0.1, 0.15) is 23.6 Å². The third-order valence-corrected chi connectivity index (χ3v) is 5.21. The van der Waals surface area contributed by atoms with E-state index in [0.717, 1.165) is 29.2 Å². The van der Waals surface area contributed by atoms with E-state index >= 15 is 0 Å². The molecule has 112 valence electrons. The topological polar surface area (TPSA) is 6.48 Å². The van der Waals surface area contributed by atoms with Crippen molar-refractivity contribution >= 4 is 28.7 Å². The molecule has 2 aliphatic heterocycles. The summed E-state index contributed by atoms with van der Waals surface area (Å²) in [6.07, 6.45) is 1.13. The van der Waals surface area contributed by atoms with Crippen molar-refractivity contribution in [3.63, 3.8) is 0 Å². The van der Waals surface area contributed by atoms with Crippen molar-refractivity contribution in [1.29, 1.82) is 0 Å². The van der Waals surface area contributed by atoms with Gasteiger partial charge in [0, 0.05) is 47.3 Å². The largest absolute Gasteiger partial charge is 0.371 e. The second-order valence-corrected chi connectivity index (χ2v) is 6.75. The molecule has 2 aliphatic rings. The first-order chi connectivity index (χ1) is 10.5. The van der Waals surface area contributed by atoms with Gasteiger partial charge in [-0.05, 0) is 48.7 Å². The number of likely N-dealkylation sites (N-methyl/N-ethyl adjacent to an activating group) is 1. The molecule has 0 aliphatic carbocycles. The maximum atomic E-state index is 6.13. The van der Waals surface area contributed by atoms with E-state index in [1.54, 1.807) is 0 Å². The molecule has 0 aromatic heterocycles. The Labute approximate surface area is 136 Å². The number of hydrogen-bond acceptors (Lipinski definition) is 2. The number of nitrogens with zero attached hydrogens (tertiary/aromatic N) is 2. The molecule has 0 amide bonds. The van der Waals surface area contributed by atoms with E-state index in [-0.39, 0.29) is 0 Å².